The third-order valence-electron chi connectivity index (χ3n) is 3.67. The van der Waals surface area contributed by atoms with E-state index in [9.17, 15) is 10.1 Å². The number of hydrogen-bond acceptors (Lipinski definition) is 3. The van der Waals surface area contributed by atoms with Crippen LogP contribution in [0.25, 0.3) is 0 Å². The number of amides is 1. The highest BCUT2D eigenvalue weighted by Crippen LogP contribution is 2.37. The summed E-state index contributed by atoms with van der Waals surface area (Å²) in [5.74, 6) is 0.118. The second kappa shape index (κ2) is 6.02. The molecule has 17 heavy (non-hydrogen) atoms. The molecule has 96 valence electrons. The first-order chi connectivity index (χ1) is 8.05. The molecule has 1 amide bonds. The van der Waals surface area contributed by atoms with Crippen LogP contribution in [0.4, 0.5) is 0 Å². The fraction of sp³-hybridized carbons (Fsp3) is 0.846. The molecule has 0 aromatic rings. The van der Waals surface area contributed by atoms with Crippen LogP contribution >= 0.6 is 0 Å². The molecule has 1 rings (SSSR count). The summed E-state index contributed by atoms with van der Waals surface area (Å²) in [6, 6.07) is 2.15. The summed E-state index contributed by atoms with van der Waals surface area (Å²) in [6.45, 7) is 4.07. The number of rotatable bonds is 5. The van der Waals surface area contributed by atoms with Crippen LogP contribution in [0.3, 0.4) is 0 Å². The van der Waals surface area contributed by atoms with Gasteiger partial charge in [0.15, 0.2) is 0 Å². The minimum Gasteiger partial charge on any atom is -0.396 e. The fourth-order valence-electron chi connectivity index (χ4n) is 2.39. The average Bonchev–Trinajstić information content (AvgIpc) is 2.78. The van der Waals surface area contributed by atoms with Crippen molar-refractivity contribution in [3.63, 3.8) is 0 Å². The highest BCUT2D eigenvalue weighted by Gasteiger charge is 2.42. The van der Waals surface area contributed by atoms with Crippen molar-refractivity contribution in [1.29, 1.82) is 5.26 Å². The molecule has 0 radical (unpaired) electrons. The summed E-state index contributed by atoms with van der Waals surface area (Å²) in [6.07, 6.45) is 3.78. The second-order valence-electron chi connectivity index (χ2n) is 5.24. The maximum absolute atomic E-state index is 12.2. The predicted octanol–water partition coefficient (Wildman–Crippen LogP) is 1.59. The topological polar surface area (TPSA) is 73.1 Å². The van der Waals surface area contributed by atoms with E-state index in [2.05, 4.69) is 11.4 Å². The van der Waals surface area contributed by atoms with E-state index in [0.717, 1.165) is 12.8 Å². The zero-order valence-corrected chi connectivity index (χ0v) is 10.7. The van der Waals surface area contributed by atoms with E-state index in [-0.39, 0.29) is 24.5 Å². The molecule has 2 N–H and O–H groups in total. The first-order valence-corrected chi connectivity index (χ1v) is 6.39. The molecular formula is C13H22N2O2. The Morgan fingerprint density at radius 1 is 1.47 bits per heavy atom. The molecule has 0 heterocycles. The zero-order chi connectivity index (χ0) is 12.9. The Labute approximate surface area is 103 Å². The van der Waals surface area contributed by atoms with E-state index in [0.29, 0.717) is 19.3 Å². The zero-order valence-electron chi connectivity index (χ0n) is 10.7. The average molecular weight is 238 g/mol. The monoisotopic (exact) mass is 238 g/mol. The van der Waals surface area contributed by atoms with Gasteiger partial charge >= 0.3 is 0 Å². The molecule has 0 spiro atoms. The lowest BCUT2D eigenvalue weighted by Crippen LogP contribution is -2.46. The summed E-state index contributed by atoms with van der Waals surface area (Å²) in [7, 11) is 0. The largest absolute Gasteiger partial charge is 0.396 e. The predicted molar refractivity (Wildman–Crippen MR) is 65.0 cm³/mol. The van der Waals surface area contributed by atoms with E-state index >= 15 is 0 Å². The van der Waals surface area contributed by atoms with E-state index in [1.807, 2.05) is 13.8 Å². The van der Waals surface area contributed by atoms with Crippen LogP contribution < -0.4 is 5.32 Å². The SMILES string of the molecule is CC(C)C(CCO)NC(=O)C1(C#N)CCCC1. The van der Waals surface area contributed by atoms with Crippen LogP contribution in [0.1, 0.15) is 46.0 Å². The van der Waals surface area contributed by atoms with Crippen molar-refractivity contribution in [2.24, 2.45) is 11.3 Å². The summed E-state index contributed by atoms with van der Waals surface area (Å²) in [5, 5.41) is 21.1. The van der Waals surface area contributed by atoms with Gasteiger partial charge in [-0.2, -0.15) is 5.26 Å². The Kier molecular flexibility index (Phi) is 4.95. The lowest BCUT2D eigenvalue weighted by molar-refractivity contribution is -0.129. The van der Waals surface area contributed by atoms with Crippen LogP contribution in [0.5, 0.6) is 0 Å². The smallest absolute Gasteiger partial charge is 0.240 e. The number of aliphatic hydroxyl groups is 1. The number of aliphatic hydroxyl groups excluding tert-OH is 1. The van der Waals surface area contributed by atoms with Crippen molar-refractivity contribution >= 4 is 5.91 Å². The molecule has 1 aliphatic carbocycles. The van der Waals surface area contributed by atoms with E-state index in [1.165, 1.54) is 0 Å². The minimum atomic E-state index is -0.817. The van der Waals surface area contributed by atoms with Crippen LogP contribution in [-0.2, 0) is 4.79 Å². The Morgan fingerprint density at radius 2 is 2.06 bits per heavy atom. The van der Waals surface area contributed by atoms with E-state index in [1.54, 1.807) is 0 Å². The van der Waals surface area contributed by atoms with Crippen molar-refractivity contribution in [2.75, 3.05) is 6.61 Å². The van der Waals surface area contributed by atoms with Gasteiger partial charge in [0.2, 0.25) is 5.91 Å². The number of nitriles is 1. The Balaban J connectivity index is 2.66. The molecule has 1 atom stereocenters. The number of nitrogens with one attached hydrogen (secondary N) is 1. The van der Waals surface area contributed by atoms with Crippen LogP contribution in [-0.4, -0.2) is 23.7 Å². The number of carbonyl (C=O) groups is 1. The lowest BCUT2D eigenvalue weighted by atomic mass is 9.86. The van der Waals surface area contributed by atoms with Gasteiger partial charge in [0, 0.05) is 12.6 Å². The normalized spacial score (nSPS) is 19.9. The molecule has 1 unspecified atom stereocenters. The van der Waals surface area contributed by atoms with Crippen LogP contribution in [0.15, 0.2) is 0 Å². The number of carbonyl (C=O) groups excluding carboxylic acids is 1. The molecule has 0 saturated heterocycles. The number of hydrogen-bond donors (Lipinski definition) is 2. The van der Waals surface area contributed by atoms with Crippen molar-refractivity contribution in [3.8, 4) is 6.07 Å². The van der Waals surface area contributed by atoms with E-state index in [4.69, 9.17) is 5.11 Å². The summed E-state index contributed by atoms with van der Waals surface area (Å²) >= 11 is 0. The highest BCUT2D eigenvalue weighted by molar-refractivity contribution is 5.86. The molecule has 4 nitrogen and oxygen atoms in total. The van der Waals surface area contributed by atoms with Crippen LogP contribution in [0.2, 0.25) is 0 Å². The quantitative estimate of drug-likeness (QED) is 0.764. The second-order valence-corrected chi connectivity index (χ2v) is 5.24. The first kappa shape index (κ1) is 14.0. The maximum atomic E-state index is 12.2. The lowest BCUT2D eigenvalue weighted by Gasteiger charge is -2.26. The fourth-order valence-corrected chi connectivity index (χ4v) is 2.39. The van der Waals surface area contributed by atoms with Crippen molar-refractivity contribution in [1.82, 2.24) is 5.32 Å². The van der Waals surface area contributed by atoms with E-state index < -0.39 is 5.41 Å². The van der Waals surface area contributed by atoms with Crippen molar-refractivity contribution in [2.45, 2.75) is 52.0 Å². The van der Waals surface area contributed by atoms with Crippen molar-refractivity contribution in [3.05, 3.63) is 0 Å². The third kappa shape index (κ3) is 3.19. The van der Waals surface area contributed by atoms with Gasteiger partial charge in [-0.05, 0) is 25.2 Å². The molecule has 0 aromatic carbocycles. The summed E-state index contributed by atoms with van der Waals surface area (Å²) < 4.78 is 0. The van der Waals surface area contributed by atoms with Gasteiger partial charge in [-0.1, -0.05) is 26.7 Å². The molecule has 0 aromatic heterocycles. The molecule has 0 aliphatic heterocycles. The van der Waals surface area contributed by atoms with Gasteiger partial charge < -0.3 is 10.4 Å². The van der Waals surface area contributed by atoms with Crippen molar-refractivity contribution < 1.29 is 9.90 Å². The number of nitrogens with zero attached hydrogens (tertiary/aromatic N) is 1. The first-order valence-electron chi connectivity index (χ1n) is 6.39. The highest BCUT2D eigenvalue weighted by atomic mass is 16.3. The van der Waals surface area contributed by atoms with Gasteiger partial charge in [-0.25, -0.2) is 0 Å². The van der Waals surface area contributed by atoms with Gasteiger partial charge in [-0.15, -0.1) is 0 Å². The Hall–Kier alpha value is -1.08. The summed E-state index contributed by atoms with van der Waals surface area (Å²) in [5.41, 5.74) is -0.817. The van der Waals surface area contributed by atoms with Gasteiger partial charge in [-0.3, -0.25) is 4.79 Å². The molecule has 4 heteroatoms. The molecule has 1 fully saturated rings. The molecule has 0 bridgehead atoms. The van der Waals surface area contributed by atoms with Gasteiger partial charge in [0.25, 0.3) is 0 Å². The molecular weight excluding hydrogens is 216 g/mol. The third-order valence-corrected chi connectivity index (χ3v) is 3.67. The van der Waals surface area contributed by atoms with Gasteiger partial charge in [0.05, 0.1) is 6.07 Å². The standard InChI is InChI=1S/C13H22N2O2/c1-10(2)11(5-8-16)15-12(17)13(9-14)6-3-4-7-13/h10-11,16H,3-8H2,1-2H3,(H,15,17). The Bertz CT molecular complexity index is 301. The summed E-state index contributed by atoms with van der Waals surface area (Å²) in [4.78, 5) is 12.2. The Morgan fingerprint density at radius 3 is 2.47 bits per heavy atom. The minimum absolute atomic E-state index is 0.0432. The van der Waals surface area contributed by atoms with Gasteiger partial charge in [0.1, 0.15) is 5.41 Å². The molecule has 1 aliphatic rings. The van der Waals surface area contributed by atoms with Crippen LogP contribution in [0, 0.1) is 22.7 Å². The maximum Gasteiger partial charge on any atom is 0.240 e. The molecule has 1 saturated carbocycles.